The number of hydrogen-bond donors (Lipinski definition) is 0. The van der Waals surface area contributed by atoms with E-state index in [0.29, 0.717) is 6.42 Å². The Labute approximate surface area is 67.0 Å². The third-order valence-corrected chi connectivity index (χ3v) is 3.17. The molecule has 0 spiro atoms. The zero-order valence-corrected chi connectivity index (χ0v) is 7.40. The van der Waals surface area contributed by atoms with Crippen molar-refractivity contribution in [1.82, 2.24) is 0 Å². The van der Waals surface area contributed by atoms with Crippen molar-refractivity contribution >= 4 is 0 Å². The average molecular weight is 162 g/mol. The van der Waals surface area contributed by atoms with Crippen LogP contribution in [0.3, 0.4) is 0 Å². The maximum Gasteiger partial charge on any atom is 0.253 e. The van der Waals surface area contributed by atoms with Crippen molar-refractivity contribution in [3.05, 3.63) is 0 Å². The molecule has 0 amide bonds. The highest BCUT2D eigenvalue weighted by molar-refractivity contribution is 4.87. The van der Waals surface area contributed by atoms with Gasteiger partial charge in [0.25, 0.3) is 5.92 Å². The highest BCUT2D eigenvalue weighted by Crippen LogP contribution is 2.44. The number of alkyl halides is 2. The average Bonchev–Trinajstić information content (AvgIpc) is 1.95. The van der Waals surface area contributed by atoms with E-state index in [1.165, 1.54) is 0 Å². The van der Waals surface area contributed by atoms with Gasteiger partial charge in [0.2, 0.25) is 0 Å². The van der Waals surface area contributed by atoms with Gasteiger partial charge in [0.1, 0.15) is 0 Å². The SMILES string of the molecule is CC1CCC(C)C(F)(F)C1C. The molecule has 2 heteroatoms. The monoisotopic (exact) mass is 162 g/mol. The maximum absolute atomic E-state index is 13.2. The summed E-state index contributed by atoms with van der Waals surface area (Å²) in [5, 5.41) is 0. The topological polar surface area (TPSA) is 0 Å². The van der Waals surface area contributed by atoms with E-state index >= 15 is 0 Å². The Balaban J connectivity index is 2.72. The summed E-state index contributed by atoms with van der Waals surface area (Å²) in [6, 6.07) is 0. The summed E-state index contributed by atoms with van der Waals surface area (Å²) in [6.07, 6.45) is 1.64. The molecule has 1 fully saturated rings. The van der Waals surface area contributed by atoms with Crippen LogP contribution >= 0.6 is 0 Å². The van der Waals surface area contributed by atoms with Crippen LogP contribution < -0.4 is 0 Å². The molecule has 1 rings (SSSR count). The number of hydrogen-bond acceptors (Lipinski definition) is 0. The molecule has 0 aliphatic heterocycles. The third kappa shape index (κ3) is 1.40. The minimum Gasteiger partial charge on any atom is -0.206 e. The Morgan fingerprint density at radius 2 is 1.64 bits per heavy atom. The predicted octanol–water partition coefficient (Wildman–Crippen LogP) is 3.32. The Bertz CT molecular complexity index is 142. The normalized spacial score (nSPS) is 43.9. The summed E-state index contributed by atoms with van der Waals surface area (Å²) >= 11 is 0. The second-order valence-corrected chi connectivity index (χ2v) is 3.92. The van der Waals surface area contributed by atoms with Crippen molar-refractivity contribution in [2.45, 2.75) is 39.5 Å². The van der Waals surface area contributed by atoms with Crippen molar-refractivity contribution in [1.29, 1.82) is 0 Å². The zero-order valence-electron chi connectivity index (χ0n) is 7.40. The van der Waals surface area contributed by atoms with Crippen molar-refractivity contribution < 1.29 is 8.78 Å². The molecule has 3 unspecified atom stereocenters. The number of rotatable bonds is 0. The summed E-state index contributed by atoms with van der Waals surface area (Å²) in [4.78, 5) is 0. The molecule has 11 heavy (non-hydrogen) atoms. The first-order valence-corrected chi connectivity index (χ1v) is 4.34. The van der Waals surface area contributed by atoms with Crippen LogP contribution in [0.4, 0.5) is 8.78 Å². The molecule has 0 aromatic rings. The second kappa shape index (κ2) is 2.72. The van der Waals surface area contributed by atoms with E-state index in [4.69, 9.17) is 0 Å². The van der Waals surface area contributed by atoms with Crippen LogP contribution in [0.1, 0.15) is 33.6 Å². The van der Waals surface area contributed by atoms with Gasteiger partial charge < -0.3 is 0 Å². The fourth-order valence-electron chi connectivity index (χ4n) is 1.78. The highest BCUT2D eigenvalue weighted by atomic mass is 19.3. The first-order chi connectivity index (χ1) is 4.96. The van der Waals surface area contributed by atoms with E-state index in [1.807, 2.05) is 6.92 Å². The van der Waals surface area contributed by atoms with Gasteiger partial charge >= 0.3 is 0 Å². The van der Waals surface area contributed by atoms with E-state index in [-0.39, 0.29) is 5.92 Å². The zero-order chi connectivity index (χ0) is 8.65. The molecule has 66 valence electrons. The van der Waals surface area contributed by atoms with Gasteiger partial charge in [-0.1, -0.05) is 20.8 Å². The lowest BCUT2D eigenvalue weighted by atomic mass is 9.73. The number of halogens is 2. The van der Waals surface area contributed by atoms with Crippen molar-refractivity contribution in [2.75, 3.05) is 0 Å². The molecule has 0 aromatic carbocycles. The minimum atomic E-state index is -2.43. The summed E-state index contributed by atoms with van der Waals surface area (Å²) < 4.78 is 26.5. The lowest BCUT2D eigenvalue weighted by Crippen LogP contribution is -2.41. The van der Waals surface area contributed by atoms with Gasteiger partial charge in [-0.3, -0.25) is 0 Å². The highest BCUT2D eigenvalue weighted by Gasteiger charge is 2.47. The van der Waals surface area contributed by atoms with Crippen LogP contribution in [0.15, 0.2) is 0 Å². The molecule has 0 N–H and O–H groups in total. The fraction of sp³-hybridized carbons (Fsp3) is 1.00. The van der Waals surface area contributed by atoms with Gasteiger partial charge in [0, 0.05) is 11.8 Å². The molecule has 0 aromatic heterocycles. The van der Waals surface area contributed by atoms with Gasteiger partial charge in [-0.05, 0) is 18.8 Å². The van der Waals surface area contributed by atoms with Crippen LogP contribution in [0.5, 0.6) is 0 Å². The molecule has 1 aliphatic carbocycles. The molecular formula is C9H16F2. The predicted molar refractivity (Wildman–Crippen MR) is 41.7 cm³/mol. The Morgan fingerprint density at radius 1 is 1.09 bits per heavy atom. The summed E-state index contributed by atoms with van der Waals surface area (Å²) in [6.45, 7) is 5.24. The van der Waals surface area contributed by atoms with Gasteiger partial charge in [0.15, 0.2) is 0 Å². The van der Waals surface area contributed by atoms with Crippen molar-refractivity contribution in [3.63, 3.8) is 0 Å². The van der Waals surface area contributed by atoms with E-state index in [2.05, 4.69) is 0 Å². The maximum atomic E-state index is 13.2. The third-order valence-electron chi connectivity index (χ3n) is 3.17. The second-order valence-electron chi connectivity index (χ2n) is 3.92. The molecule has 0 radical (unpaired) electrons. The quantitative estimate of drug-likeness (QED) is 0.512. The molecular weight excluding hydrogens is 146 g/mol. The van der Waals surface area contributed by atoms with Crippen LogP contribution in [0.25, 0.3) is 0 Å². The lowest BCUT2D eigenvalue weighted by molar-refractivity contribution is -0.137. The summed E-state index contributed by atoms with van der Waals surface area (Å²) in [7, 11) is 0. The van der Waals surface area contributed by atoms with E-state index < -0.39 is 17.8 Å². The molecule has 1 aliphatic rings. The summed E-state index contributed by atoms with van der Waals surface area (Å²) in [5.74, 6) is -3.11. The van der Waals surface area contributed by atoms with Gasteiger partial charge in [-0.25, -0.2) is 8.78 Å². The molecule has 0 nitrogen and oxygen atoms in total. The van der Waals surface area contributed by atoms with Gasteiger partial charge in [0.05, 0.1) is 0 Å². The first kappa shape index (κ1) is 8.95. The minimum absolute atomic E-state index is 0.182. The first-order valence-electron chi connectivity index (χ1n) is 4.34. The van der Waals surface area contributed by atoms with Crippen LogP contribution in [0, 0.1) is 17.8 Å². The molecule has 1 saturated carbocycles. The molecule has 0 bridgehead atoms. The van der Waals surface area contributed by atoms with Gasteiger partial charge in [-0.15, -0.1) is 0 Å². The lowest BCUT2D eigenvalue weighted by Gasteiger charge is -2.38. The molecule has 0 heterocycles. The van der Waals surface area contributed by atoms with E-state index in [1.54, 1.807) is 13.8 Å². The fourth-order valence-corrected chi connectivity index (χ4v) is 1.78. The molecule has 3 atom stereocenters. The summed E-state index contributed by atoms with van der Waals surface area (Å²) in [5.41, 5.74) is 0. The van der Waals surface area contributed by atoms with Crippen LogP contribution in [-0.2, 0) is 0 Å². The largest absolute Gasteiger partial charge is 0.253 e. The molecule has 0 saturated heterocycles. The Morgan fingerprint density at radius 3 is 2.09 bits per heavy atom. The Kier molecular flexibility index (Phi) is 2.22. The van der Waals surface area contributed by atoms with E-state index in [0.717, 1.165) is 6.42 Å². The van der Waals surface area contributed by atoms with Gasteiger partial charge in [-0.2, -0.15) is 0 Å². The van der Waals surface area contributed by atoms with Crippen LogP contribution in [-0.4, -0.2) is 5.92 Å². The standard InChI is InChI=1S/C9H16F2/c1-6-4-5-7(2)9(10,11)8(6)3/h6-8H,4-5H2,1-3H3. The van der Waals surface area contributed by atoms with Crippen LogP contribution in [0.2, 0.25) is 0 Å². The van der Waals surface area contributed by atoms with Crippen molar-refractivity contribution in [3.8, 4) is 0 Å². The smallest absolute Gasteiger partial charge is 0.206 e. The van der Waals surface area contributed by atoms with Crippen molar-refractivity contribution in [2.24, 2.45) is 17.8 Å². The van der Waals surface area contributed by atoms with E-state index in [9.17, 15) is 8.78 Å². The Hall–Kier alpha value is -0.140.